The molecule has 1 aromatic heterocycles. The fraction of sp³-hybridized carbons (Fsp3) is 0.333. The second kappa shape index (κ2) is 6.08. The number of ketones is 1. The van der Waals surface area contributed by atoms with Crippen molar-refractivity contribution in [1.29, 1.82) is 0 Å². The lowest BCUT2D eigenvalue weighted by molar-refractivity contribution is -0.118. The van der Waals surface area contributed by atoms with Gasteiger partial charge in [-0.1, -0.05) is 6.08 Å². The highest BCUT2D eigenvalue weighted by atomic mass is 16.1. The maximum atomic E-state index is 11.3. The van der Waals surface area contributed by atoms with Crippen LogP contribution < -0.4 is 0 Å². The Kier molecular flexibility index (Phi) is 4.62. The van der Waals surface area contributed by atoms with Crippen LogP contribution in [0, 0.1) is 0 Å². The summed E-state index contributed by atoms with van der Waals surface area (Å²) >= 11 is 0. The number of Topliss-reactive ketones (excluding diaryl/α,β-unsaturated/α-hetero) is 1. The molecule has 0 atom stereocenters. The number of aryl methyl sites for hydroxylation is 1. The van der Waals surface area contributed by atoms with Crippen LogP contribution in [0.5, 0.6) is 0 Å². The third-order valence-electron chi connectivity index (χ3n) is 2.07. The van der Waals surface area contributed by atoms with E-state index >= 15 is 0 Å². The molecule has 0 aliphatic rings. The minimum Gasteiger partial charge on any atom is -0.300 e. The zero-order valence-corrected chi connectivity index (χ0v) is 8.28. The lowest BCUT2D eigenvalue weighted by Crippen LogP contribution is -1.99. The number of pyridine rings is 1. The number of nitrogens with zero attached hydrogens (tertiary/aromatic N) is 1. The Morgan fingerprint density at radius 1 is 1.36 bits per heavy atom. The van der Waals surface area contributed by atoms with Gasteiger partial charge in [0.15, 0.2) is 0 Å². The monoisotopic (exact) mass is 189 g/mol. The molecule has 0 fully saturated rings. The van der Waals surface area contributed by atoms with E-state index in [2.05, 4.69) is 11.6 Å². The van der Waals surface area contributed by atoms with E-state index in [9.17, 15) is 4.79 Å². The van der Waals surface area contributed by atoms with Gasteiger partial charge in [-0.2, -0.15) is 0 Å². The third kappa shape index (κ3) is 3.99. The van der Waals surface area contributed by atoms with E-state index < -0.39 is 0 Å². The normalized spacial score (nSPS) is 9.71. The summed E-state index contributed by atoms with van der Waals surface area (Å²) in [7, 11) is 0. The van der Waals surface area contributed by atoms with Crippen LogP contribution in [0.4, 0.5) is 0 Å². The molecule has 0 aliphatic carbocycles. The van der Waals surface area contributed by atoms with E-state index in [0.29, 0.717) is 18.6 Å². The molecule has 0 aromatic carbocycles. The third-order valence-corrected chi connectivity index (χ3v) is 2.07. The van der Waals surface area contributed by atoms with Crippen molar-refractivity contribution in [3.63, 3.8) is 0 Å². The predicted octanol–water partition coefficient (Wildman–Crippen LogP) is 2.55. The molecule has 0 amide bonds. The Balaban J connectivity index is 2.27. The summed E-state index contributed by atoms with van der Waals surface area (Å²) in [5.41, 5.74) is 1.17. The van der Waals surface area contributed by atoms with Crippen molar-refractivity contribution in [3.8, 4) is 0 Å². The number of carbonyl (C=O) groups is 1. The summed E-state index contributed by atoms with van der Waals surface area (Å²) in [6, 6.07) is 3.89. The molecular formula is C12H15NO. The van der Waals surface area contributed by atoms with Crippen LogP contribution in [0.1, 0.15) is 24.8 Å². The molecule has 74 valence electrons. The minimum atomic E-state index is 0.307. The second-order valence-electron chi connectivity index (χ2n) is 3.22. The Labute approximate surface area is 84.7 Å². The minimum absolute atomic E-state index is 0.307. The van der Waals surface area contributed by atoms with Gasteiger partial charge in [0.05, 0.1) is 0 Å². The van der Waals surface area contributed by atoms with Crippen molar-refractivity contribution in [3.05, 3.63) is 42.7 Å². The number of aromatic nitrogens is 1. The van der Waals surface area contributed by atoms with Gasteiger partial charge >= 0.3 is 0 Å². The van der Waals surface area contributed by atoms with Gasteiger partial charge in [0.1, 0.15) is 5.78 Å². The van der Waals surface area contributed by atoms with Crippen molar-refractivity contribution in [2.24, 2.45) is 0 Å². The Morgan fingerprint density at radius 2 is 2.07 bits per heavy atom. The number of rotatable bonds is 6. The van der Waals surface area contributed by atoms with E-state index in [4.69, 9.17) is 0 Å². The Bertz CT molecular complexity index is 292. The zero-order valence-electron chi connectivity index (χ0n) is 8.28. The number of hydrogen-bond acceptors (Lipinski definition) is 2. The highest BCUT2D eigenvalue weighted by Gasteiger charge is 2.00. The van der Waals surface area contributed by atoms with Crippen LogP contribution in [0.15, 0.2) is 37.2 Å². The number of hydrogen-bond donors (Lipinski definition) is 0. The zero-order chi connectivity index (χ0) is 10.2. The van der Waals surface area contributed by atoms with Crippen LogP contribution in [0.3, 0.4) is 0 Å². The van der Waals surface area contributed by atoms with Crippen LogP contribution in [-0.4, -0.2) is 10.8 Å². The summed E-state index contributed by atoms with van der Waals surface area (Å²) in [4.78, 5) is 15.2. The fourth-order valence-corrected chi connectivity index (χ4v) is 1.22. The van der Waals surface area contributed by atoms with E-state index in [1.807, 2.05) is 12.1 Å². The summed E-state index contributed by atoms with van der Waals surface area (Å²) in [5.74, 6) is 0.307. The first kappa shape index (κ1) is 10.6. The molecule has 0 spiro atoms. The number of allylic oxidation sites excluding steroid dienone is 1. The van der Waals surface area contributed by atoms with Crippen molar-refractivity contribution < 1.29 is 4.79 Å². The predicted molar refractivity (Wildman–Crippen MR) is 57.0 cm³/mol. The molecular weight excluding hydrogens is 174 g/mol. The van der Waals surface area contributed by atoms with E-state index in [0.717, 1.165) is 12.8 Å². The molecule has 0 radical (unpaired) electrons. The van der Waals surface area contributed by atoms with Crippen molar-refractivity contribution in [2.45, 2.75) is 25.7 Å². The van der Waals surface area contributed by atoms with E-state index in [-0.39, 0.29) is 0 Å². The Morgan fingerprint density at radius 3 is 2.71 bits per heavy atom. The SMILES string of the molecule is C=CCCC(=O)CCc1ccncc1. The average Bonchev–Trinajstić information content (AvgIpc) is 2.25. The molecule has 1 heterocycles. The van der Waals surface area contributed by atoms with Crippen LogP contribution >= 0.6 is 0 Å². The van der Waals surface area contributed by atoms with Crippen LogP contribution in [-0.2, 0) is 11.2 Å². The van der Waals surface area contributed by atoms with E-state index in [1.165, 1.54) is 5.56 Å². The summed E-state index contributed by atoms with van der Waals surface area (Å²) < 4.78 is 0. The van der Waals surface area contributed by atoms with Crippen LogP contribution in [0.2, 0.25) is 0 Å². The molecule has 14 heavy (non-hydrogen) atoms. The van der Waals surface area contributed by atoms with Gasteiger partial charge in [-0.25, -0.2) is 0 Å². The number of carbonyl (C=O) groups excluding carboxylic acids is 1. The van der Waals surface area contributed by atoms with Gasteiger partial charge in [-0.3, -0.25) is 9.78 Å². The first-order chi connectivity index (χ1) is 6.83. The van der Waals surface area contributed by atoms with Gasteiger partial charge in [0.25, 0.3) is 0 Å². The van der Waals surface area contributed by atoms with Crippen molar-refractivity contribution in [1.82, 2.24) is 4.98 Å². The van der Waals surface area contributed by atoms with Gasteiger partial charge in [0.2, 0.25) is 0 Å². The summed E-state index contributed by atoms with van der Waals surface area (Å²) in [5, 5.41) is 0. The fourth-order valence-electron chi connectivity index (χ4n) is 1.22. The van der Waals surface area contributed by atoms with Crippen molar-refractivity contribution >= 4 is 5.78 Å². The quantitative estimate of drug-likeness (QED) is 0.644. The lowest BCUT2D eigenvalue weighted by Gasteiger charge is -1.99. The molecule has 0 bridgehead atoms. The van der Waals surface area contributed by atoms with Gasteiger partial charge in [0, 0.05) is 25.2 Å². The smallest absolute Gasteiger partial charge is 0.133 e. The highest BCUT2D eigenvalue weighted by Crippen LogP contribution is 2.04. The van der Waals surface area contributed by atoms with E-state index in [1.54, 1.807) is 18.5 Å². The largest absolute Gasteiger partial charge is 0.300 e. The maximum Gasteiger partial charge on any atom is 0.133 e. The first-order valence-corrected chi connectivity index (χ1v) is 4.84. The van der Waals surface area contributed by atoms with Gasteiger partial charge < -0.3 is 0 Å². The molecule has 0 saturated heterocycles. The molecule has 1 rings (SSSR count). The standard InChI is InChI=1S/C12H15NO/c1-2-3-4-12(14)6-5-11-7-9-13-10-8-11/h2,7-10H,1,3-6H2. The molecule has 0 N–H and O–H groups in total. The molecule has 0 unspecified atom stereocenters. The lowest BCUT2D eigenvalue weighted by atomic mass is 10.1. The first-order valence-electron chi connectivity index (χ1n) is 4.84. The topological polar surface area (TPSA) is 30.0 Å². The molecule has 2 heteroatoms. The Hall–Kier alpha value is -1.44. The van der Waals surface area contributed by atoms with Gasteiger partial charge in [-0.05, 0) is 30.5 Å². The van der Waals surface area contributed by atoms with Gasteiger partial charge in [-0.15, -0.1) is 6.58 Å². The highest BCUT2D eigenvalue weighted by molar-refractivity contribution is 5.78. The van der Waals surface area contributed by atoms with Crippen LogP contribution in [0.25, 0.3) is 0 Å². The maximum absolute atomic E-state index is 11.3. The summed E-state index contributed by atoms with van der Waals surface area (Å²) in [6.45, 7) is 3.59. The molecule has 0 aliphatic heterocycles. The molecule has 0 saturated carbocycles. The molecule has 1 aromatic rings. The second-order valence-corrected chi connectivity index (χ2v) is 3.22. The molecule has 2 nitrogen and oxygen atoms in total. The average molecular weight is 189 g/mol. The van der Waals surface area contributed by atoms with Crippen molar-refractivity contribution in [2.75, 3.05) is 0 Å². The summed E-state index contributed by atoms with van der Waals surface area (Å²) in [6.07, 6.45) is 8.14.